The summed E-state index contributed by atoms with van der Waals surface area (Å²) in [5.41, 5.74) is 5.73. The lowest BCUT2D eigenvalue weighted by molar-refractivity contribution is 0.601. The van der Waals surface area contributed by atoms with Crippen LogP contribution in [0.15, 0.2) is 47.5 Å². The van der Waals surface area contributed by atoms with E-state index in [0.29, 0.717) is 5.02 Å². The molecule has 0 aliphatic heterocycles. The highest BCUT2D eigenvalue weighted by molar-refractivity contribution is 7.92. The van der Waals surface area contributed by atoms with Crippen molar-refractivity contribution in [3.8, 4) is 0 Å². The van der Waals surface area contributed by atoms with Gasteiger partial charge < -0.3 is 5.73 Å². The highest BCUT2D eigenvalue weighted by atomic mass is 35.5. The van der Waals surface area contributed by atoms with Crippen molar-refractivity contribution in [3.05, 3.63) is 47.6 Å². The molecule has 5 nitrogen and oxygen atoms in total. The summed E-state index contributed by atoms with van der Waals surface area (Å²) >= 11 is 5.72. The van der Waals surface area contributed by atoms with Gasteiger partial charge in [-0.25, -0.2) is 13.4 Å². The summed E-state index contributed by atoms with van der Waals surface area (Å²) < 4.78 is 26.5. The molecule has 18 heavy (non-hydrogen) atoms. The Morgan fingerprint density at radius 3 is 2.61 bits per heavy atom. The van der Waals surface area contributed by atoms with E-state index in [-0.39, 0.29) is 16.4 Å². The fourth-order valence-corrected chi connectivity index (χ4v) is 2.68. The summed E-state index contributed by atoms with van der Waals surface area (Å²) in [6.07, 6.45) is 1.49. The standard InChI is InChI=1S/C11H10ClN3O2S/c12-8-4-5-10(9(13)7-8)18(16,17)15-11-3-1-2-6-14-11/h1-7H,13H2,(H,14,15). The van der Waals surface area contributed by atoms with Gasteiger partial charge in [0.2, 0.25) is 0 Å². The number of hydrogen-bond acceptors (Lipinski definition) is 4. The Hall–Kier alpha value is -1.79. The van der Waals surface area contributed by atoms with E-state index in [1.165, 1.54) is 24.4 Å². The van der Waals surface area contributed by atoms with Crippen molar-refractivity contribution >= 4 is 33.1 Å². The number of pyridine rings is 1. The van der Waals surface area contributed by atoms with Crippen molar-refractivity contribution < 1.29 is 8.42 Å². The average Bonchev–Trinajstić information content (AvgIpc) is 2.29. The van der Waals surface area contributed by atoms with Crippen LogP contribution in [0.2, 0.25) is 5.02 Å². The molecule has 0 aliphatic carbocycles. The van der Waals surface area contributed by atoms with Crippen LogP contribution in [0.1, 0.15) is 0 Å². The van der Waals surface area contributed by atoms with Gasteiger partial charge in [-0.2, -0.15) is 0 Å². The van der Waals surface area contributed by atoms with E-state index in [9.17, 15) is 8.42 Å². The maximum atomic E-state index is 12.1. The van der Waals surface area contributed by atoms with Gasteiger partial charge in [0.1, 0.15) is 10.7 Å². The third-order valence-electron chi connectivity index (χ3n) is 2.17. The Kier molecular flexibility index (Phi) is 3.40. The third-order valence-corrected chi connectivity index (χ3v) is 3.83. The molecule has 94 valence electrons. The van der Waals surface area contributed by atoms with Gasteiger partial charge in [0.05, 0.1) is 5.69 Å². The molecular weight excluding hydrogens is 274 g/mol. The van der Waals surface area contributed by atoms with Gasteiger partial charge in [-0.3, -0.25) is 4.72 Å². The van der Waals surface area contributed by atoms with Gasteiger partial charge in [-0.1, -0.05) is 17.7 Å². The molecule has 0 unspecified atom stereocenters. The number of benzene rings is 1. The van der Waals surface area contributed by atoms with Gasteiger partial charge in [0.25, 0.3) is 10.0 Å². The minimum Gasteiger partial charge on any atom is -0.398 e. The number of anilines is 2. The molecular formula is C11H10ClN3O2S. The summed E-state index contributed by atoms with van der Waals surface area (Å²) in [5.74, 6) is 0.229. The maximum absolute atomic E-state index is 12.1. The first-order valence-corrected chi connectivity index (χ1v) is 6.84. The molecule has 0 saturated heterocycles. The Balaban J connectivity index is 2.37. The van der Waals surface area contributed by atoms with Crippen LogP contribution in [0.25, 0.3) is 0 Å². The van der Waals surface area contributed by atoms with Crippen LogP contribution in [-0.4, -0.2) is 13.4 Å². The third kappa shape index (κ3) is 2.72. The fraction of sp³-hybridized carbons (Fsp3) is 0. The fourth-order valence-electron chi connectivity index (χ4n) is 1.38. The Labute approximate surface area is 110 Å². The second kappa shape index (κ2) is 4.83. The first kappa shape index (κ1) is 12.7. The van der Waals surface area contributed by atoms with E-state index < -0.39 is 10.0 Å². The lowest BCUT2D eigenvalue weighted by Crippen LogP contribution is -2.15. The second-order valence-electron chi connectivity index (χ2n) is 3.50. The van der Waals surface area contributed by atoms with Crippen LogP contribution in [0.4, 0.5) is 11.5 Å². The molecule has 0 aliphatic rings. The molecule has 0 fully saturated rings. The summed E-state index contributed by atoms with van der Waals surface area (Å²) in [7, 11) is -3.76. The molecule has 2 rings (SSSR count). The zero-order chi connectivity index (χ0) is 13.2. The van der Waals surface area contributed by atoms with Crippen LogP contribution in [0.5, 0.6) is 0 Å². The van der Waals surface area contributed by atoms with Gasteiger partial charge >= 0.3 is 0 Å². The molecule has 0 amide bonds. The van der Waals surface area contributed by atoms with Crippen LogP contribution >= 0.6 is 11.6 Å². The second-order valence-corrected chi connectivity index (χ2v) is 5.59. The zero-order valence-corrected chi connectivity index (χ0v) is 10.7. The van der Waals surface area contributed by atoms with E-state index in [1.54, 1.807) is 18.2 Å². The number of sulfonamides is 1. The molecule has 2 aromatic rings. The van der Waals surface area contributed by atoms with Crippen molar-refractivity contribution in [2.75, 3.05) is 10.5 Å². The highest BCUT2D eigenvalue weighted by Gasteiger charge is 2.17. The quantitative estimate of drug-likeness (QED) is 0.845. The Morgan fingerprint density at radius 1 is 1.22 bits per heavy atom. The van der Waals surface area contributed by atoms with E-state index >= 15 is 0 Å². The summed E-state index contributed by atoms with van der Waals surface area (Å²) in [6, 6.07) is 9.11. The number of nitrogens with zero attached hydrogens (tertiary/aromatic N) is 1. The largest absolute Gasteiger partial charge is 0.398 e. The molecule has 3 N–H and O–H groups in total. The zero-order valence-electron chi connectivity index (χ0n) is 9.17. The summed E-state index contributed by atoms with van der Waals surface area (Å²) in [4.78, 5) is 3.85. The normalized spacial score (nSPS) is 11.2. The molecule has 1 aromatic carbocycles. The molecule has 1 heterocycles. The van der Waals surface area contributed by atoms with Crippen molar-refractivity contribution in [1.82, 2.24) is 4.98 Å². The van der Waals surface area contributed by atoms with Gasteiger partial charge in [0.15, 0.2) is 0 Å². The van der Waals surface area contributed by atoms with Crippen molar-refractivity contribution in [2.45, 2.75) is 4.90 Å². The minimum absolute atomic E-state index is 0.0300. The molecule has 0 saturated carbocycles. The summed E-state index contributed by atoms with van der Waals surface area (Å²) in [5, 5.41) is 0.379. The van der Waals surface area contributed by atoms with Gasteiger partial charge in [-0.05, 0) is 30.3 Å². The predicted octanol–water partition coefficient (Wildman–Crippen LogP) is 2.12. The van der Waals surface area contributed by atoms with Crippen molar-refractivity contribution in [1.29, 1.82) is 0 Å². The van der Waals surface area contributed by atoms with E-state index in [2.05, 4.69) is 9.71 Å². The average molecular weight is 284 g/mol. The number of aromatic nitrogens is 1. The van der Waals surface area contributed by atoms with E-state index in [0.717, 1.165) is 0 Å². The molecule has 7 heteroatoms. The van der Waals surface area contributed by atoms with Crippen molar-refractivity contribution in [3.63, 3.8) is 0 Å². The van der Waals surface area contributed by atoms with Gasteiger partial charge in [0, 0.05) is 11.2 Å². The molecule has 1 aromatic heterocycles. The smallest absolute Gasteiger partial charge is 0.265 e. The molecule has 0 bridgehead atoms. The highest BCUT2D eigenvalue weighted by Crippen LogP contribution is 2.23. The lowest BCUT2D eigenvalue weighted by atomic mass is 10.3. The molecule has 0 atom stereocenters. The number of rotatable bonds is 3. The first-order chi connectivity index (χ1) is 8.49. The molecule has 0 spiro atoms. The first-order valence-electron chi connectivity index (χ1n) is 4.98. The minimum atomic E-state index is -3.76. The number of nitrogens with one attached hydrogen (secondary N) is 1. The number of nitrogen functional groups attached to an aromatic ring is 1. The van der Waals surface area contributed by atoms with Crippen LogP contribution in [-0.2, 0) is 10.0 Å². The lowest BCUT2D eigenvalue weighted by Gasteiger charge is -2.09. The predicted molar refractivity (Wildman–Crippen MR) is 70.9 cm³/mol. The van der Waals surface area contributed by atoms with Crippen LogP contribution in [0, 0.1) is 0 Å². The van der Waals surface area contributed by atoms with E-state index in [1.807, 2.05) is 0 Å². The Bertz CT molecular complexity index is 659. The number of nitrogens with two attached hydrogens (primary N) is 1. The van der Waals surface area contributed by atoms with Crippen molar-refractivity contribution in [2.24, 2.45) is 0 Å². The molecule has 0 radical (unpaired) electrons. The maximum Gasteiger partial charge on any atom is 0.265 e. The Morgan fingerprint density at radius 2 is 2.00 bits per heavy atom. The topological polar surface area (TPSA) is 85.1 Å². The van der Waals surface area contributed by atoms with Gasteiger partial charge in [-0.15, -0.1) is 0 Å². The summed E-state index contributed by atoms with van der Waals surface area (Å²) in [6.45, 7) is 0. The van der Waals surface area contributed by atoms with E-state index in [4.69, 9.17) is 17.3 Å². The van der Waals surface area contributed by atoms with Crippen LogP contribution in [0.3, 0.4) is 0 Å². The number of halogens is 1. The number of hydrogen-bond donors (Lipinski definition) is 2. The SMILES string of the molecule is Nc1cc(Cl)ccc1S(=O)(=O)Nc1ccccn1. The monoisotopic (exact) mass is 283 g/mol. The van der Waals surface area contributed by atoms with Crippen LogP contribution < -0.4 is 10.5 Å².